The van der Waals surface area contributed by atoms with E-state index in [4.69, 9.17) is 0 Å². The molecular formula is C30H54. The molecule has 0 aliphatic heterocycles. The number of hydrogen-bond donors (Lipinski definition) is 0. The van der Waals surface area contributed by atoms with Gasteiger partial charge in [-0.05, 0) is 107 Å². The van der Waals surface area contributed by atoms with Gasteiger partial charge < -0.3 is 0 Å². The maximum absolute atomic E-state index is 2.48. The molecule has 0 heterocycles. The van der Waals surface area contributed by atoms with Gasteiger partial charge >= 0.3 is 0 Å². The van der Waals surface area contributed by atoms with Gasteiger partial charge in [-0.2, -0.15) is 0 Å². The highest BCUT2D eigenvalue weighted by atomic mass is 14.8. The third-order valence-electron chi connectivity index (χ3n) is 12.8. The minimum atomic E-state index is 0.294. The average molecular weight is 415 g/mol. The molecule has 1 fully saturated rings. The van der Waals surface area contributed by atoms with E-state index < -0.39 is 0 Å². The summed E-state index contributed by atoms with van der Waals surface area (Å²) in [5.74, 6) is 0. The third-order valence-corrected chi connectivity index (χ3v) is 12.8. The fourth-order valence-corrected chi connectivity index (χ4v) is 6.38. The monoisotopic (exact) mass is 414 g/mol. The van der Waals surface area contributed by atoms with E-state index in [-0.39, 0.29) is 0 Å². The highest BCUT2D eigenvalue weighted by Crippen LogP contribution is 2.77. The Hall–Kier alpha value is -0.780. The van der Waals surface area contributed by atoms with Gasteiger partial charge in [0.1, 0.15) is 0 Å². The SMILES string of the molecule is CC1(C)C(C)(C)C(C)(C)C(C)(C)C(C)(C)C1(C)C.Cc1c(C)c(C)c(C)c(C)c1C. The summed E-state index contributed by atoms with van der Waals surface area (Å²) in [6.07, 6.45) is 0. The van der Waals surface area contributed by atoms with Crippen LogP contribution in [0.2, 0.25) is 0 Å². The van der Waals surface area contributed by atoms with Gasteiger partial charge in [0.15, 0.2) is 0 Å². The van der Waals surface area contributed by atoms with Crippen LogP contribution in [0.15, 0.2) is 0 Å². The average Bonchev–Trinajstić information content (AvgIpc) is 2.62. The maximum atomic E-state index is 2.48. The lowest BCUT2D eigenvalue weighted by molar-refractivity contribution is -0.283. The van der Waals surface area contributed by atoms with Gasteiger partial charge in [0, 0.05) is 0 Å². The molecule has 0 spiro atoms. The Labute approximate surface area is 190 Å². The van der Waals surface area contributed by atoms with Crippen molar-refractivity contribution < 1.29 is 0 Å². The van der Waals surface area contributed by atoms with Crippen molar-refractivity contribution in [3.05, 3.63) is 33.4 Å². The molecule has 0 nitrogen and oxygen atoms in total. The summed E-state index contributed by atoms with van der Waals surface area (Å²) in [6.45, 7) is 43.0. The second kappa shape index (κ2) is 7.38. The molecule has 30 heavy (non-hydrogen) atoms. The van der Waals surface area contributed by atoms with E-state index >= 15 is 0 Å². The molecule has 0 atom stereocenters. The van der Waals surface area contributed by atoms with Gasteiger partial charge in [-0.15, -0.1) is 0 Å². The Kier molecular flexibility index (Phi) is 6.71. The lowest BCUT2D eigenvalue weighted by Crippen LogP contribution is -2.70. The molecule has 1 aromatic rings. The first kappa shape index (κ1) is 27.3. The van der Waals surface area contributed by atoms with E-state index in [2.05, 4.69) is 125 Å². The fraction of sp³-hybridized carbons (Fsp3) is 0.800. The smallest absolute Gasteiger partial charge is 0.0241 e. The first-order valence-corrected chi connectivity index (χ1v) is 12.0. The zero-order valence-corrected chi connectivity index (χ0v) is 24.0. The molecule has 0 saturated heterocycles. The lowest BCUT2D eigenvalue weighted by atomic mass is 9.28. The van der Waals surface area contributed by atoms with Crippen molar-refractivity contribution in [2.24, 2.45) is 32.5 Å². The van der Waals surface area contributed by atoms with Crippen LogP contribution in [0.5, 0.6) is 0 Å². The van der Waals surface area contributed by atoms with E-state index in [1.54, 1.807) is 0 Å². The Morgan fingerprint density at radius 1 is 0.233 bits per heavy atom. The first-order valence-electron chi connectivity index (χ1n) is 12.0. The molecule has 2 rings (SSSR count). The quantitative estimate of drug-likeness (QED) is 0.396. The van der Waals surface area contributed by atoms with Crippen molar-refractivity contribution in [3.63, 3.8) is 0 Å². The van der Waals surface area contributed by atoms with Gasteiger partial charge in [-0.1, -0.05) is 83.1 Å². The normalized spacial score (nSPS) is 24.6. The van der Waals surface area contributed by atoms with Crippen LogP contribution >= 0.6 is 0 Å². The summed E-state index contributed by atoms with van der Waals surface area (Å²) in [7, 11) is 0. The van der Waals surface area contributed by atoms with Crippen LogP contribution < -0.4 is 0 Å². The molecule has 1 aromatic carbocycles. The summed E-state index contributed by atoms with van der Waals surface area (Å²) in [5.41, 5.74) is 10.5. The van der Waals surface area contributed by atoms with Crippen molar-refractivity contribution in [1.82, 2.24) is 0 Å². The molecule has 0 unspecified atom stereocenters. The van der Waals surface area contributed by atoms with Crippen molar-refractivity contribution >= 4 is 0 Å². The molecular weight excluding hydrogens is 360 g/mol. The van der Waals surface area contributed by atoms with E-state index in [1.165, 1.54) is 33.4 Å². The standard InChI is InChI=1S/C18H36.C12H18/c1-13(2)14(3,4)16(7,8)18(11,12)17(9,10)15(13,5)6;1-7-8(2)10(4)12(6)11(5)9(7)3/h1-12H3;1-6H3. The Morgan fingerprint density at radius 3 is 0.367 bits per heavy atom. The second-order valence-corrected chi connectivity index (χ2v) is 13.5. The highest BCUT2D eigenvalue weighted by Gasteiger charge is 2.71. The summed E-state index contributed by atoms with van der Waals surface area (Å²) in [6, 6.07) is 0. The summed E-state index contributed by atoms with van der Waals surface area (Å²) < 4.78 is 0. The Bertz CT molecular complexity index is 585. The molecule has 0 radical (unpaired) electrons. The zero-order chi connectivity index (χ0) is 24.5. The van der Waals surface area contributed by atoms with E-state index in [1.807, 2.05) is 0 Å². The van der Waals surface area contributed by atoms with Crippen LogP contribution in [-0.2, 0) is 0 Å². The molecule has 0 aromatic heterocycles. The molecule has 1 aliphatic rings. The molecule has 0 bridgehead atoms. The topological polar surface area (TPSA) is 0 Å². The van der Waals surface area contributed by atoms with Crippen molar-refractivity contribution in [2.45, 2.75) is 125 Å². The third kappa shape index (κ3) is 3.14. The van der Waals surface area contributed by atoms with Crippen molar-refractivity contribution in [3.8, 4) is 0 Å². The van der Waals surface area contributed by atoms with Crippen LogP contribution in [0, 0.1) is 74.0 Å². The van der Waals surface area contributed by atoms with Crippen LogP contribution in [0.4, 0.5) is 0 Å². The molecule has 0 amide bonds. The summed E-state index contributed by atoms with van der Waals surface area (Å²) >= 11 is 0. The predicted octanol–water partition coefficient (Wildman–Crippen LogP) is 9.69. The van der Waals surface area contributed by atoms with Gasteiger partial charge in [0.25, 0.3) is 0 Å². The molecule has 0 N–H and O–H groups in total. The van der Waals surface area contributed by atoms with E-state index in [9.17, 15) is 0 Å². The van der Waals surface area contributed by atoms with Crippen LogP contribution in [0.1, 0.15) is 116 Å². The molecule has 0 heteroatoms. The van der Waals surface area contributed by atoms with Gasteiger partial charge in [0.05, 0.1) is 0 Å². The number of rotatable bonds is 0. The molecule has 174 valence electrons. The van der Waals surface area contributed by atoms with Crippen molar-refractivity contribution in [2.75, 3.05) is 0 Å². The Morgan fingerprint density at radius 2 is 0.300 bits per heavy atom. The van der Waals surface area contributed by atoms with Crippen LogP contribution in [0.25, 0.3) is 0 Å². The van der Waals surface area contributed by atoms with Crippen LogP contribution in [-0.4, -0.2) is 0 Å². The van der Waals surface area contributed by atoms with Gasteiger partial charge in [-0.3, -0.25) is 0 Å². The minimum Gasteiger partial charge on any atom is -0.0588 e. The van der Waals surface area contributed by atoms with E-state index in [0.29, 0.717) is 32.5 Å². The maximum Gasteiger partial charge on any atom is -0.0241 e. The number of hydrogen-bond acceptors (Lipinski definition) is 0. The summed E-state index contributed by atoms with van der Waals surface area (Å²) in [5, 5.41) is 0. The minimum absolute atomic E-state index is 0.294. The van der Waals surface area contributed by atoms with Crippen LogP contribution in [0.3, 0.4) is 0 Å². The first-order chi connectivity index (χ1) is 13.0. The molecule has 1 saturated carbocycles. The van der Waals surface area contributed by atoms with Gasteiger partial charge in [-0.25, -0.2) is 0 Å². The van der Waals surface area contributed by atoms with Crippen molar-refractivity contribution in [1.29, 1.82) is 0 Å². The molecule has 1 aliphatic carbocycles. The van der Waals surface area contributed by atoms with E-state index in [0.717, 1.165) is 0 Å². The second-order valence-electron chi connectivity index (χ2n) is 13.5. The zero-order valence-electron chi connectivity index (χ0n) is 24.0. The number of benzene rings is 1. The predicted molar refractivity (Wildman–Crippen MR) is 138 cm³/mol. The lowest BCUT2D eigenvalue weighted by Gasteiger charge is -2.76. The Balaban J connectivity index is 0.000000325. The largest absolute Gasteiger partial charge is 0.0588 e. The fourth-order valence-electron chi connectivity index (χ4n) is 6.38. The van der Waals surface area contributed by atoms with Gasteiger partial charge in [0.2, 0.25) is 0 Å². The highest BCUT2D eigenvalue weighted by molar-refractivity contribution is 5.48. The summed E-state index contributed by atoms with van der Waals surface area (Å²) in [4.78, 5) is 0.